The van der Waals surface area contributed by atoms with Crippen molar-refractivity contribution in [1.82, 2.24) is 14.9 Å². The Morgan fingerprint density at radius 2 is 1.74 bits per heavy atom. The monoisotopic (exact) mass is 485 g/mol. The third kappa shape index (κ3) is 6.90. The third-order valence-electron chi connectivity index (χ3n) is 6.29. The van der Waals surface area contributed by atoms with Gasteiger partial charge >= 0.3 is 0 Å². The Labute approximate surface area is 203 Å². The van der Waals surface area contributed by atoms with Crippen LogP contribution < -0.4 is 10.0 Å². The molecule has 184 valence electrons. The maximum absolute atomic E-state index is 13.2. The van der Waals surface area contributed by atoms with Gasteiger partial charge < -0.3 is 10.2 Å². The first-order chi connectivity index (χ1) is 16.3. The molecule has 0 spiro atoms. The van der Waals surface area contributed by atoms with E-state index in [9.17, 15) is 18.0 Å². The van der Waals surface area contributed by atoms with Gasteiger partial charge in [-0.05, 0) is 49.4 Å². The van der Waals surface area contributed by atoms with Crippen molar-refractivity contribution >= 4 is 21.8 Å². The first kappa shape index (κ1) is 25.9. The Bertz CT molecular complexity index is 1080. The fraction of sp³-hybridized carbons (Fsp3) is 0.462. The summed E-state index contributed by atoms with van der Waals surface area (Å²) in [6.45, 7) is 5.77. The summed E-state index contributed by atoms with van der Waals surface area (Å²) < 4.78 is 28.3. The predicted octanol–water partition coefficient (Wildman–Crippen LogP) is 3.63. The number of carbonyl (C=O) groups is 2. The van der Waals surface area contributed by atoms with Gasteiger partial charge in [0.2, 0.25) is 15.9 Å². The van der Waals surface area contributed by atoms with Crippen LogP contribution in [0.15, 0.2) is 53.4 Å². The number of likely N-dealkylation sites (tertiary alicyclic amines) is 1. The van der Waals surface area contributed by atoms with Gasteiger partial charge in [-0.15, -0.1) is 0 Å². The number of amides is 2. The summed E-state index contributed by atoms with van der Waals surface area (Å²) in [5.41, 5.74) is 1.96. The number of benzene rings is 2. The van der Waals surface area contributed by atoms with Crippen LogP contribution in [0.3, 0.4) is 0 Å². The van der Waals surface area contributed by atoms with Gasteiger partial charge in [-0.3, -0.25) is 9.59 Å². The molecular weight excluding hydrogens is 450 g/mol. The summed E-state index contributed by atoms with van der Waals surface area (Å²) in [6, 6.07) is 13.9. The van der Waals surface area contributed by atoms with E-state index < -0.39 is 10.0 Å². The average molecular weight is 486 g/mol. The third-order valence-corrected chi connectivity index (χ3v) is 7.69. The second-order valence-corrected chi connectivity index (χ2v) is 10.6. The largest absolute Gasteiger partial charge is 0.356 e. The molecule has 0 aliphatic carbocycles. The van der Waals surface area contributed by atoms with Gasteiger partial charge in [0.05, 0.1) is 4.90 Å². The molecule has 1 fully saturated rings. The first-order valence-corrected chi connectivity index (χ1v) is 13.5. The highest BCUT2D eigenvalue weighted by molar-refractivity contribution is 7.89. The number of rotatable bonds is 10. The van der Waals surface area contributed by atoms with Crippen molar-refractivity contribution in [3.63, 3.8) is 0 Å². The van der Waals surface area contributed by atoms with Crippen LogP contribution in [0, 0.1) is 12.8 Å². The maximum Gasteiger partial charge on any atom is 0.254 e. The molecule has 0 unspecified atom stereocenters. The zero-order valence-corrected chi connectivity index (χ0v) is 20.9. The number of hydrogen-bond donors (Lipinski definition) is 2. The Kier molecular flexibility index (Phi) is 9.24. The van der Waals surface area contributed by atoms with Crippen molar-refractivity contribution in [2.24, 2.45) is 5.92 Å². The highest BCUT2D eigenvalue weighted by Crippen LogP contribution is 2.22. The summed E-state index contributed by atoms with van der Waals surface area (Å²) in [5, 5.41) is 3.00. The van der Waals surface area contributed by atoms with E-state index >= 15 is 0 Å². The zero-order valence-electron chi connectivity index (χ0n) is 20.0. The summed E-state index contributed by atoms with van der Waals surface area (Å²) in [5.74, 6) is -0.211. The molecule has 2 amide bonds. The number of unbranched alkanes of at least 4 members (excludes halogenated alkanes) is 2. The second kappa shape index (κ2) is 12.1. The van der Waals surface area contributed by atoms with Gasteiger partial charge in [0.25, 0.3) is 5.91 Å². The van der Waals surface area contributed by atoms with Crippen LogP contribution in [-0.2, 0) is 21.4 Å². The van der Waals surface area contributed by atoms with Crippen molar-refractivity contribution in [3.05, 3.63) is 65.2 Å². The Morgan fingerprint density at radius 1 is 1.03 bits per heavy atom. The minimum atomic E-state index is -3.77. The summed E-state index contributed by atoms with van der Waals surface area (Å²) in [6.07, 6.45) is 4.42. The smallest absolute Gasteiger partial charge is 0.254 e. The van der Waals surface area contributed by atoms with Crippen molar-refractivity contribution in [2.75, 3.05) is 19.6 Å². The van der Waals surface area contributed by atoms with Crippen LogP contribution in [-0.4, -0.2) is 44.8 Å². The summed E-state index contributed by atoms with van der Waals surface area (Å²) >= 11 is 0. The molecule has 0 saturated carbocycles. The quantitative estimate of drug-likeness (QED) is 0.503. The summed E-state index contributed by atoms with van der Waals surface area (Å²) in [4.78, 5) is 27.4. The Hall–Kier alpha value is -2.71. The van der Waals surface area contributed by atoms with Gasteiger partial charge in [0.1, 0.15) is 0 Å². The molecule has 1 saturated heterocycles. The number of nitrogens with one attached hydrogen (secondary N) is 2. The van der Waals surface area contributed by atoms with Crippen molar-refractivity contribution in [1.29, 1.82) is 0 Å². The normalized spacial score (nSPS) is 14.7. The topological polar surface area (TPSA) is 95.6 Å². The highest BCUT2D eigenvalue weighted by Gasteiger charge is 2.29. The number of piperidine rings is 1. The van der Waals surface area contributed by atoms with Crippen LogP contribution in [0.1, 0.15) is 60.5 Å². The van der Waals surface area contributed by atoms with E-state index in [-0.39, 0.29) is 29.2 Å². The highest BCUT2D eigenvalue weighted by atomic mass is 32.2. The van der Waals surface area contributed by atoms with E-state index in [1.165, 1.54) is 12.1 Å². The lowest BCUT2D eigenvalue weighted by Crippen LogP contribution is -2.43. The van der Waals surface area contributed by atoms with Gasteiger partial charge in [-0.25, -0.2) is 13.1 Å². The summed E-state index contributed by atoms with van der Waals surface area (Å²) in [7, 11) is -3.77. The van der Waals surface area contributed by atoms with E-state index in [2.05, 4.69) is 17.0 Å². The lowest BCUT2D eigenvalue weighted by Gasteiger charge is -2.32. The molecule has 0 aromatic heterocycles. The van der Waals surface area contributed by atoms with Crippen LogP contribution >= 0.6 is 0 Å². The molecule has 3 rings (SSSR count). The maximum atomic E-state index is 13.2. The fourth-order valence-electron chi connectivity index (χ4n) is 4.10. The molecule has 1 aliphatic rings. The molecule has 0 bridgehead atoms. The Morgan fingerprint density at radius 3 is 2.41 bits per heavy atom. The van der Waals surface area contributed by atoms with Crippen LogP contribution in [0.2, 0.25) is 0 Å². The molecule has 8 heteroatoms. The molecule has 7 nitrogen and oxygen atoms in total. The molecular formula is C26H35N3O4S. The Balaban J connectivity index is 1.61. The molecule has 1 aliphatic heterocycles. The van der Waals surface area contributed by atoms with Gasteiger partial charge in [0, 0.05) is 37.7 Å². The first-order valence-electron chi connectivity index (χ1n) is 12.0. The molecule has 0 radical (unpaired) electrons. The van der Waals surface area contributed by atoms with Crippen LogP contribution in [0.4, 0.5) is 0 Å². The van der Waals surface area contributed by atoms with Crippen molar-refractivity contribution in [3.8, 4) is 0 Å². The molecule has 1 heterocycles. The predicted molar refractivity (Wildman–Crippen MR) is 133 cm³/mol. The number of sulfonamides is 1. The number of aryl methyl sites for hydroxylation is 1. The zero-order chi connectivity index (χ0) is 24.6. The molecule has 34 heavy (non-hydrogen) atoms. The van der Waals surface area contributed by atoms with Gasteiger partial charge in [-0.1, -0.05) is 56.2 Å². The van der Waals surface area contributed by atoms with E-state index in [4.69, 9.17) is 0 Å². The number of carbonyl (C=O) groups excluding carboxylic acids is 2. The van der Waals surface area contributed by atoms with E-state index in [0.29, 0.717) is 38.0 Å². The standard InChI is InChI=1S/C26H35N3O4S/c1-3-4-8-15-27-25(30)22-13-16-29(17-14-22)26(31)24-18-23(12-11-20(24)2)34(32,33)28-19-21-9-6-5-7-10-21/h5-7,9-12,18,22,28H,3-4,8,13-17,19H2,1-2H3,(H,27,30). The SMILES string of the molecule is CCCCCNC(=O)C1CCN(C(=O)c2cc(S(=O)(=O)NCc3ccccc3)ccc2C)CC1. The number of nitrogens with zero attached hydrogens (tertiary/aromatic N) is 1. The van der Waals surface area contributed by atoms with Gasteiger partial charge in [-0.2, -0.15) is 0 Å². The second-order valence-electron chi connectivity index (χ2n) is 8.85. The van der Waals surface area contributed by atoms with Crippen LogP contribution in [0.5, 0.6) is 0 Å². The van der Waals surface area contributed by atoms with E-state index in [1.807, 2.05) is 30.3 Å². The number of hydrogen-bond acceptors (Lipinski definition) is 4. The van der Waals surface area contributed by atoms with E-state index in [1.54, 1.807) is 17.9 Å². The lowest BCUT2D eigenvalue weighted by molar-refractivity contribution is -0.126. The molecule has 2 aromatic carbocycles. The van der Waals surface area contributed by atoms with Crippen LogP contribution in [0.25, 0.3) is 0 Å². The fourth-order valence-corrected chi connectivity index (χ4v) is 5.15. The van der Waals surface area contributed by atoms with E-state index in [0.717, 1.165) is 30.4 Å². The van der Waals surface area contributed by atoms with Crippen molar-refractivity contribution in [2.45, 2.75) is 57.4 Å². The van der Waals surface area contributed by atoms with Gasteiger partial charge in [0.15, 0.2) is 0 Å². The minimum Gasteiger partial charge on any atom is -0.356 e. The average Bonchev–Trinajstić information content (AvgIpc) is 2.86. The molecule has 2 aromatic rings. The molecule has 0 atom stereocenters. The lowest BCUT2D eigenvalue weighted by atomic mass is 9.95. The minimum absolute atomic E-state index is 0.0666. The van der Waals surface area contributed by atoms with Crippen molar-refractivity contribution < 1.29 is 18.0 Å². The molecule has 2 N–H and O–H groups in total.